The van der Waals surface area contributed by atoms with Crippen molar-refractivity contribution in [2.45, 2.75) is 240 Å². The molecule has 0 rings (SSSR count). The van der Waals surface area contributed by atoms with Crippen molar-refractivity contribution in [3.05, 3.63) is 53.8 Å². The number of carbonyl (C=O) groups is 1. The van der Waals surface area contributed by atoms with Gasteiger partial charge in [-0.2, -0.15) is 0 Å². The molecule has 0 radical (unpaired) electrons. The van der Waals surface area contributed by atoms with E-state index in [4.69, 9.17) is 9.47 Å². The number of amides is 1. The minimum Gasteiger partial charge on any atom is -0.376 e. The molecule has 0 aliphatic heterocycles. The smallest absolute Gasteiger partial charge is 0.243 e. The second-order valence-corrected chi connectivity index (χ2v) is 17.8. The number of carbonyl (C=O) groups excluding carboxylic acids is 1. The van der Waals surface area contributed by atoms with Crippen molar-refractivity contribution in [3.8, 4) is 0 Å². The minimum absolute atomic E-state index is 0.0576. The van der Waals surface area contributed by atoms with Crippen molar-refractivity contribution in [1.82, 2.24) is 5.32 Å². The first-order valence-corrected chi connectivity index (χ1v) is 23.4. The Kier molecular flexibility index (Phi) is 36.4. The quantitative estimate of drug-likeness (QED) is 0.0295. The van der Waals surface area contributed by atoms with E-state index in [1.807, 2.05) is 6.08 Å². The largest absolute Gasteiger partial charge is 0.376 e. The Balaban J connectivity index is 4.56. The van der Waals surface area contributed by atoms with Crippen LogP contribution in [0.1, 0.15) is 229 Å². The molecule has 0 fully saturated rings. The normalized spacial score (nSPS) is 13.1. The van der Waals surface area contributed by atoms with Crippen LogP contribution in [-0.2, 0) is 14.3 Å². The van der Waals surface area contributed by atoms with Crippen molar-refractivity contribution in [2.24, 2.45) is 5.92 Å². The molecule has 1 N–H and O–H groups in total. The van der Waals surface area contributed by atoms with Crippen molar-refractivity contribution in [2.75, 3.05) is 19.8 Å². The Morgan fingerprint density at radius 3 is 1.95 bits per heavy atom. The summed E-state index contributed by atoms with van der Waals surface area (Å²) >= 11 is 0. The third kappa shape index (κ3) is 41.6. The van der Waals surface area contributed by atoms with E-state index in [9.17, 15) is 4.79 Å². The zero-order valence-corrected chi connectivity index (χ0v) is 38.1. The summed E-state index contributed by atoms with van der Waals surface area (Å²) in [7, 11) is 0. The maximum Gasteiger partial charge on any atom is 0.243 e. The number of rotatable bonds is 38. The number of allylic oxidation sites excluding steroid dienone is 6. The molecule has 1 unspecified atom stereocenters. The van der Waals surface area contributed by atoms with Crippen LogP contribution < -0.4 is 5.32 Å². The third-order valence-corrected chi connectivity index (χ3v) is 10.4. The van der Waals surface area contributed by atoms with Gasteiger partial charge < -0.3 is 14.8 Å². The van der Waals surface area contributed by atoms with E-state index in [-0.39, 0.29) is 17.1 Å². The molecule has 0 aliphatic carbocycles. The van der Waals surface area contributed by atoms with E-state index in [2.05, 4.69) is 103 Å². The minimum atomic E-state index is -0.233. The third-order valence-electron chi connectivity index (χ3n) is 10.4. The first kappa shape index (κ1) is 53.1. The average Bonchev–Trinajstić information content (AvgIpc) is 3.12. The molecule has 0 aliphatic rings. The van der Waals surface area contributed by atoms with Gasteiger partial charge in [0.2, 0.25) is 5.91 Å². The van der Waals surface area contributed by atoms with Gasteiger partial charge in [-0.1, -0.05) is 134 Å². The second-order valence-electron chi connectivity index (χ2n) is 17.8. The molecule has 4 nitrogen and oxygen atoms in total. The Labute approximate surface area is 343 Å². The van der Waals surface area contributed by atoms with Crippen molar-refractivity contribution < 1.29 is 14.3 Å². The van der Waals surface area contributed by atoms with E-state index >= 15 is 0 Å². The van der Waals surface area contributed by atoms with Gasteiger partial charge in [0.05, 0.1) is 11.2 Å². The summed E-state index contributed by atoms with van der Waals surface area (Å²) in [6, 6.07) is 0. The molecule has 0 aromatic rings. The molecule has 0 heterocycles. The standard InChI is InChI=1S/C51H93NO3/c1-9-11-13-15-17-19-21-23-24-25-27-29-31-33-35-40-48(46-49(53)52-43-37-44-55-51(7,8)42-45-54-50(4,5)6)41-36-39-47(3)38-34-32-30-28-26-22-20-18-16-14-12-10-2/h10,12,17,19,23,25,46-47H,9,11,13-16,18,20-22,26-45H2,1-8H3,(H,52,53)/b12-10+,19-17-,48-46-. The van der Waals surface area contributed by atoms with Gasteiger partial charge in [0.1, 0.15) is 0 Å². The summed E-state index contributed by atoms with van der Waals surface area (Å²) in [5.41, 5.74) is 4.32. The lowest BCUT2D eigenvalue weighted by molar-refractivity contribution is -0.116. The Bertz CT molecular complexity index is 1020. The van der Waals surface area contributed by atoms with Crippen LogP contribution in [-0.4, -0.2) is 36.9 Å². The SMILES string of the molecule is C/C=C/CCCCCCCCCCCC(C)CCC/C(=C\C(=O)NCCCOC(C)(C)CCOC(C)(C)C)CCCCCCC=C=CC/C=C\CCCCC. The highest BCUT2D eigenvalue weighted by Gasteiger charge is 2.20. The zero-order valence-electron chi connectivity index (χ0n) is 38.1. The summed E-state index contributed by atoms with van der Waals surface area (Å²) in [6.45, 7) is 19.2. The predicted octanol–water partition coefficient (Wildman–Crippen LogP) is 15.7. The molecule has 4 heteroatoms. The Morgan fingerprint density at radius 1 is 0.655 bits per heavy atom. The van der Waals surface area contributed by atoms with Gasteiger partial charge in [0.25, 0.3) is 0 Å². The molecular formula is C51H93NO3. The van der Waals surface area contributed by atoms with Crippen molar-refractivity contribution in [1.29, 1.82) is 0 Å². The molecule has 0 saturated carbocycles. The van der Waals surface area contributed by atoms with Crippen molar-refractivity contribution >= 4 is 5.91 Å². The Hall–Kier alpha value is -1.87. The summed E-state index contributed by atoms with van der Waals surface area (Å²) in [6.07, 6.45) is 48.6. The van der Waals surface area contributed by atoms with Crippen LogP contribution in [0, 0.1) is 5.92 Å². The van der Waals surface area contributed by atoms with Crippen molar-refractivity contribution in [3.63, 3.8) is 0 Å². The number of nitrogens with one attached hydrogen (secondary N) is 1. The summed E-state index contributed by atoms with van der Waals surface area (Å²) in [4.78, 5) is 13.0. The fraction of sp³-hybridized carbons (Fsp3) is 0.804. The second kappa shape index (κ2) is 37.7. The number of hydrogen-bond acceptors (Lipinski definition) is 3. The molecule has 0 aromatic carbocycles. The lowest BCUT2D eigenvalue weighted by atomic mass is 9.94. The molecule has 0 spiro atoms. The lowest BCUT2D eigenvalue weighted by Gasteiger charge is -2.27. The van der Waals surface area contributed by atoms with Crippen LogP contribution in [0.2, 0.25) is 0 Å². The topological polar surface area (TPSA) is 47.6 Å². The van der Waals surface area contributed by atoms with Gasteiger partial charge in [0.15, 0.2) is 0 Å². The maximum atomic E-state index is 13.0. The van der Waals surface area contributed by atoms with Gasteiger partial charge in [-0.3, -0.25) is 4.79 Å². The average molecular weight is 768 g/mol. The van der Waals surface area contributed by atoms with Crippen LogP contribution in [0.3, 0.4) is 0 Å². The highest BCUT2D eigenvalue weighted by molar-refractivity contribution is 5.88. The molecule has 1 amide bonds. The Morgan fingerprint density at radius 2 is 1.25 bits per heavy atom. The first-order valence-electron chi connectivity index (χ1n) is 23.4. The van der Waals surface area contributed by atoms with E-state index in [0.717, 1.165) is 50.9 Å². The fourth-order valence-corrected chi connectivity index (χ4v) is 6.78. The monoisotopic (exact) mass is 768 g/mol. The molecule has 0 saturated heterocycles. The number of ether oxygens (including phenoxy) is 2. The molecule has 1 atom stereocenters. The molecule has 0 bridgehead atoms. The van der Waals surface area contributed by atoms with E-state index in [0.29, 0.717) is 19.8 Å². The maximum absolute atomic E-state index is 13.0. The number of hydrogen-bond donors (Lipinski definition) is 1. The van der Waals surface area contributed by atoms with E-state index < -0.39 is 0 Å². The van der Waals surface area contributed by atoms with Gasteiger partial charge in [0, 0.05) is 25.8 Å². The first-order chi connectivity index (χ1) is 26.5. The number of unbranched alkanes of at least 4 members (excludes halogenated alkanes) is 16. The highest BCUT2D eigenvalue weighted by Crippen LogP contribution is 2.22. The van der Waals surface area contributed by atoms with Crippen LogP contribution >= 0.6 is 0 Å². The van der Waals surface area contributed by atoms with Gasteiger partial charge in [-0.05, 0) is 143 Å². The zero-order chi connectivity index (χ0) is 40.7. The molecule has 320 valence electrons. The predicted molar refractivity (Wildman–Crippen MR) is 243 cm³/mol. The summed E-state index contributed by atoms with van der Waals surface area (Å²) in [5, 5.41) is 3.14. The summed E-state index contributed by atoms with van der Waals surface area (Å²) < 4.78 is 12.0. The van der Waals surface area contributed by atoms with Crippen LogP contribution in [0.5, 0.6) is 0 Å². The summed E-state index contributed by atoms with van der Waals surface area (Å²) in [5.74, 6) is 0.822. The van der Waals surface area contributed by atoms with Crippen LogP contribution in [0.15, 0.2) is 53.8 Å². The fourth-order valence-electron chi connectivity index (χ4n) is 6.78. The van der Waals surface area contributed by atoms with E-state index in [1.54, 1.807) is 0 Å². The molecule has 0 aromatic heterocycles. The van der Waals surface area contributed by atoms with Gasteiger partial charge >= 0.3 is 0 Å². The van der Waals surface area contributed by atoms with Crippen LogP contribution in [0.25, 0.3) is 0 Å². The van der Waals surface area contributed by atoms with E-state index in [1.165, 1.54) is 134 Å². The molecule has 55 heavy (non-hydrogen) atoms. The lowest BCUT2D eigenvalue weighted by Crippen LogP contribution is -2.30. The molecular weight excluding hydrogens is 675 g/mol. The van der Waals surface area contributed by atoms with Gasteiger partial charge in [-0.25, -0.2) is 0 Å². The van der Waals surface area contributed by atoms with Gasteiger partial charge in [-0.15, -0.1) is 5.73 Å². The van der Waals surface area contributed by atoms with Crippen LogP contribution in [0.4, 0.5) is 0 Å². The highest BCUT2D eigenvalue weighted by atomic mass is 16.5.